The van der Waals surface area contributed by atoms with Crippen molar-refractivity contribution in [2.24, 2.45) is 0 Å². The van der Waals surface area contributed by atoms with Crippen LogP contribution in [-0.4, -0.2) is 19.9 Å². The van der Waals surface area contributed by atoms with Gasteiger partial charge in [-0.25, -0.2) is 8.42 Å². The van der Waals surface area contributed by atoms with Crippen LogP contribution in [-0.2, 0) is 9.84 Å². The highest BCUT2D eigenvalue weighted by atomic mass is 35.5. The van der Waals surface area contributed by atoms with Crippen LogP contribution < -0.4 is 0 Å². The number of carbonyl (C=O) groups is 1. The molecule has 1 rings (SSSR count). The van der Waals surface area contributed by atoms with Gasteiger partial charge in [0.05, 0.1) is 4.90 Å². The van der Waals surface area contributed by atoms with Gasteiger partial charge in [0.25, 0.3) is 5.24 Å². The molecule has 0 aliphatic carbocycles. The van der Waals surface area contributed by atoms with Gasteiger partial charge in [0, 0.05) is 11.8 Å². The summed E-state index contributed by atoms with van der Waals surface area (Å²) in [6.45, 7) is 4.00. The number of benzene rings is 1. The molecule has 1 aromatic rings. The quantitative estimate of drug-likeness (QED) is 0.756. The van der Waals surface area contributed by atoms with Gasteiger partial charge in [-0.05, 0) is 23.7 Å². The topological polar surface area (TPSA) is 51.2 Å². The predicted octanol–water partition coefficient (Wildman–Crippen LogP) is 2.50. The number of sulfone groups is 1. The molecule has 84 valence electrons. The van der Waals surface area contributed by atoms with Gasteiger partial charge in [0.15, 0.2) is 9.84 Å². The lowest BCUT2D eigenvalue weighted by molar-refractivity contribution is 0.108. The van der Waals surface area contributed by atoms with Crippen molar-refractivity contribution in [3.8, 4) is 0 Å². The van der Waals surface area contributed by atoms with Crippen molar-refractivity contribution in [3.05, 3.63) is 29.8 Å². The summed E-state index contributed by atoms with van der Waals surface area (Å²) in [6.07, 6.45) is 1.07. The van der Waals surface area contributed by atoms with Gasteiger partial charge in [-0.15, -0.1) is 0 Å². The lowest BCUT2D eigenvalue weighted by atomic mass is 10.2. The molecule has 0 heterocycles. The standard InChI is InChI=1S/C8H7ClO3S.C2H6/c1-13(11,12)7-4-2-3-6(5-7)8(9)10;1-2/h2-5H,1H3;1-2H3. The molecule has 0 radical (unpaired) electrons. The van der Waals surface area contributed by atoms with Crippen molar-refractivity contribution >= 4 is 26.7 Å². The van der Waals surface area contributed by atoms with Crippen LogP contribution in [0.15, 0.2) is 29.2 Å². The first kappa shape index (κ1) is 14.1. The Morgan fingerprint density at radius 1 is 1.27 bits per heavy atom. The highest BCUT2D eigenvalue weighted by molar-refractivity contribution is 7.90. The van der Waals surface area contributed by atoms with Crippen molar-refractivity contribution in [1.82, 2.24) is 0 Å². The Kier molecular flexibility index (Phi) is 5.54. The Morgan fingerprint density at radius 2 is 1.80 bits per heavy atom. The molecule has 1 aromatic carbocycles. The van der Waals surface area contributed by atoms with Gasteiger partial charge in [0.1, 0.15) is 0 Å². The SMILES string of the molecule is CC.CS(=O)(=O)c1cccc(C(=O)Cl)c1. The van der Waals surface area contributed by atoms with Crippen molar-refractivity contribution in [1.29, 1.82) is 0 Å². The fraction of sp³-hybridized carbons (Fsp3) is 0.300. The van der Waals surface area contributed by atoms with Crippen LogP contribution in [0.1, 0.15) is 24.2 Å². The smallest absolute Gasteiger partial charge is 0.252 e. The number of carbonyl (C=O) groups excluding carboxylic acids is 1. The Hall–Kier alpha value is -0.870. The summed E-state index contributed by atoms with van der Waals surface area (Å²) >= 11 is 5.19. The molecule has 0 atom stereocenters. The highest BCUT2D eigenvalue weighted by Crippen LogP contribution is 2.12. The highest BCUT2D eigenvalue weighted by Gasteiger charge is 2.09. The molecule has 5 heteroatoms. The minimum Gasteiger partial charge on any atom is -0.276 e. The third-order valence-electron chi connectivity index (χ3n) is 1.49. The van der Waals surface area contributed by atoms with Crippen LogP contribution in [0.5, 0.6) is 0 Å². The fourth-order valence-electron chi connectivity index (χ4n) is 0.849. The second kappa shape index (κ2) is 5.88. The Bertz CT molecular complexity index is 438. The minimum absolute atomic E-state index is 0.0963. The lowest BCUT2D eigenvalue weighted by Crippen LogP contribution is -1.98. The van der Waals surface area contributed by atoms with E-state index in [-0.39, 0.29) is 10.5 Å². The molecular formula is C10H13ClO3S. The minimum atomic E-state index is -3.27. The molecule has 0 aromatic heterocycles. The van der Waals surface area contributed by atoms with Crippen LogP contribution >= 0.6 is 11.6 Å². The van der Waals surface area contributed by atoms with E-state index >= 15 is 0 Å². The first-order valence-electron chi connectivity index (χ1n) is 4.41. The molecule has 0 spiro atoms. The summed E-state index contributed by atoms with van der Waals surface area (Å²) in [5.41, 5.74) is 0.185. The molecule has 0 saturated heterocycles. The summed E-state index contributed by atoms with van der Waals surface area (Å²) in [5, 5.41) is -0.662. The molecular weight excluding hydrogens is 236 g/mol. The molecule has 15 heavy (non-hydrogen) atoms. The Morgan fingerprint density at radius 3 is 2.20 bits per heavy atom. The average Bonchev–Trinajstić information content (AvgIpc) is 2.20. The average molecular weight is 249 g/mol. The van der Waals surface area contributed by atoms with Gasteiger partial charge in [0.2, 0.25) is 0 Å². The second-order valence-electron chi connectivity index (χ2n) is 2.57. The molecule has 0 amide bonds. The van der Waals surface area contributed by atoms with Crippen LogP contribution in [0.25, 0.3) is 0 Å². The molecule has 0 aliphatic rings. The van der Waals surface area contributed by atoms with E-state index in [9.17, 15) is 13.2 Å². The van der Waals surface area contributed by atoms with E-state index in [1.54, 1.807) is 0 Å². The van der Waals surface area contributed by atoms with E-state index < -0.39 is 15.1 Å². The van der Waals surface area contributed by atoms with E-state index in [0.29, 0.717) is 0 Å². The molecule has 0 N–H and O–H groups in total. The Labute approximate surface area is 95.0 Å². The maximum Gasteiger partial charge on any atom is 0.252 e. The van der Waals surface area contributed by atoms with Gasteiger partial charge in [-0.3, -0.25) is 4.79 Å². The number of halogens is 1. The van der Waals surface area contributed by atoms with E-state index in [1.807, 2.05) is 13.8 Å². The molecule has 0 saturated carbocycles. The lowest BCUT2D eigenvalue weighted by Gasteiger charge is -1.98. The zero-order valence-corrected chi connectivity index (χ0v) is 10.4. The monoisotopic (exact) mass is 248 g/mol. The second-order valence-corrected chi connectivity index (χ2v) is 4.93. The van der Waals surface area contributed by atoms with Gasteiger partial charge in [-0.1, -0.05) is 26.0 Å². The largest absolute Gasteiger partial charge is 0.276 e. The number of hydrogen-bond donors (Lipinski definition) is 0. The first-order chi connectivity index (χ1) is 6.91. The zero-order chi connectivity index (χ0) is 12.1. The molecule has 0 fully saturated rings. The number of hydrogen-bond acceptors (Lipinski definition) is 3. The zero-order valence-electron chi connectivity index (χ0n) is 8.82. The summed E-state index contributed by atoms with van der Waals surface area (Å²) in [4.78, 5) is 10.8. The van der Waals surface area contributed by atoms with E-state index in [2.05, 4.69) is 0 Å². The van der Waals surface area contributed by atoms with Gasteiger partial charge < -0.3 is 0 Å². The molecule has 3 nitrogen and oxygen atoms in total. The fourth-order valence-corrected chi connectivity index (χ4v) is 1.63. The summed E-state index contributed by atoms with van der Waals surface area (Å²) in [5.74, 6) is 0. The third kappa shape index (κ3) is 4.44. The molecule has 0 aliphatic heterocycles. The van der Waals surface area contributed by atoms with E-state index in [4.69, 9.17) is 11.6 Å². The van der Waals surface area contributed by atoms with Gasteiger partial charge >= 0.3 is 0 Å². The van der Waals surface area contributed by atoms with E-state index in [1.165, 1.54) is 24.3 Å². The number of rotatable bonds is 2. The van der Waals surface area contributed by atoms with Crippen molar-refractivity contribution in [3.63, 3.8) is 0 Å². The van der Waals surface area contributed by atoms with Crippen LogP contribution in [0.3, 0.4) is 0 Å². The van der Waals surface area contributed by atoms with Crippen LogP contribution in [0.4, 0.5) is 0 Å². The van der Waals surface area contributed by atoms with Gasteiger partial charge in [-0.2, -0.15) is 0 Å². The summed E-state index contributed by atoms with van der Waals surface area (Å²) < 4.78 is 22.1. The third-order valence-corrected chi connectivity index (χ3v) is 2.82. The summed E-state index contributed by atoms with van der Waals surface area (Å²) in [7, 11) is -3.27. The van der Waals surface area contributed by atoms with Crippen molar-refractivity contribution < 1.29 is 13.2 Å². The first-order valence-corrected chi connectivity index (χ1v) is 6.68. The van der Waals surface area contributed by atoms with Crippen molar-refractivity contribution in [2.75, 3.05) is 6.26 Å². The van der Waals surface area contributed by atoms with E-state index in [0.717, 1.165) is 6.26 Å². The van der Waals surface area contributed by atoms with Crippen LogP contribution in [0.2, 0.25) is 0 Å². The molecule has 0 bridgehead atoms. The van der Waals surface area contributed by atoms with Crippen LogP contribution in [0, 0.1) is 0 Å². The summed E-state index contributed by atoms with van der Waals surface area (Å²) in [6, 6.07) is 5.61. The predicted molar refractivity (Wildman–Crippen MR) is 61.1 cm³/mol. The maximum absolute atomic E-state index is 11.1. The van der Waals surface area contributed by atoms with Crippen molar-refractivity contribution in [2.45, 2.75) is 18.7 Å². The Balaban J connectivity index is 0.000000921. The normalized spacial score (nSPS) is 10.1. The molecule has 0 unspecified atom stereocenters. The maximum atomic E-state index is 11.1.